The molecule has 2 aromatic carbocycles. The molecule has 1 atom stereocenters. The monoisotopic (exact) mass is 304 g/mol. The number of aromatic nitrogens is 1. The van der Waals surface area contributed by atoms with Gasteiger partial charge >= 0.3 is 0 Å². The molecule has 23 heavy (non-hydrogen) atoms. The maximum atomic E-state index is 12.5. The van der Waals surface area contributed by atoms with E-state index in [0.717, 1.165) is 35.1 Å². The third-order valence-corrected chi connectivity index (χ3v) is 4.95. The Hall–Kier alpha value is -2.39. The lowest BCUT2D eigenvalue weighted by Crippen LogP contribution is -2.28. The lowest BCUT2D eigenvalue weighted by Gasteiger charge is -2.28. The average molecular weight is 304 g/mol. The number of hydrogen-bond donors (Lipinski definition) is 1. The minimum atomic E-state index is -0.00523. The second-order valence-corrected chi connectivity index (χ2v) is 6.00. The summed E-state index contributed by atoms with van der Waals surface area (Å²) in [7, 11) is 0. The molecule has 3 aromatic rings. The largest absolute Gasteiger partial charge is 0.321 e. The lowest BCUT2D eigenvalue weighted by atomic mass is 9.99. The Bertz CT molecular complexity index is 938. The summed E-state index contributed by atoms with van der Waals surface area (Å²) in [4.78, 5) is 18.1. The van der Waals surface area contributed by atoms with Gasteiger partial charge in [0.2, 0.25) is 0 Å². The smallest absolute Gasteiger partial charge is 0.256 e. The van der Waals surface area contributed by atoms with Crippen LogP contribution in [-0.4, -0.2) is 23.0 Å². The zero-order chi connectivity index (χ0) is 16.0. The van der Waals surface area contributed by atoms with E-state index in [1.807, 2.05) is 24.3 Å². The van der Waals surface area contributed by atoms with Crippen LogP contribution >= 0.6 is 0 Å². The molecule has 0 fully saturated rings. The summed E-state index contributed by atoms with van der Waals surface area (Å²) in [6.45, 7) is 6.33. The first kappa shape index (κ1) is 14.2. The van der Waals surface area contributed by atoms with Gasteiger partial charge in [-0.1, -0.05) is 56.3 Å². The number of rotatable bonds is 3. The van der Waals surface area contributed by atoms with Crippen molar-refractivity contribution in [1.82, 2.24) is 9.88 Å². The standard InChI is InChI=1S/C20H20N2O/c1-3-22(4-2)19-15-11-7-6-10-14(15)18-17(19)13-9-5-8-12-16(13)20(23)21-18/h5-12,19H,3-4H2,1-2H3,(H,21,23). The van der Waals surface area contributed by atoms with Crippen molar-refractivity contribution in [3.8, 4) is 11.3 Å². The SMILES string of the molecule is CCN(CC)C1c2ccccc2-c2[nH]c(=O)c3ccccc3c21. The minimum absolute atomic E-state index is 0.00523. The van der Waals surface area contributed by atoms with E-state index in [4.69, 9.17) is 0 Å². The van der Waals surface area contributed by atoms with Crippen LogP contribution in [0.3, 0.4) is 0 Å². The maximum Gasteiger partial charge on any atom is 0.256 e. The predicted molar refractivity (Wildman–Crippen MR) is 94.8 cm³/mol. The van der Waals surface area contributed by atoms with Gasteiger partial charge in [-0.15, -0.1) is 0 Å². The molecule has 1 heterocycles. The number of pyridine rings is 1. The van der Waals surface area contributed by atoms with E-state index in [2.05, 4.69) is 48.0 Å². The van der Waals surface area contributed by atoms with Crippen LogP contribution in [0.5, 0.6) is 0 Å². The summed E-state index contributed by atoms with van der Waals surface area (Å²) in [5, 5.41) is 1.84. The van der Waals surface area contributed by atoms with Gasteiger partial charge in [0.25, 0.3) is 5.56 Å². The summed E-state index contributed by atoms with van der Waals surface area (Å²) in [5.41, 5.74) is 4.67. The molecule has 3 nitrogen and oxygen atoms in total. The summed E-state index contributed by atoms with van der Waals surface area (Å²) in [6, 6.07) is 16.6. The Labute approximate surface area is 135 Å². The topological polar surface area (TPSA) is 36.1 Å². The Morgan fingerprint density at radius 2 is 1.61 bits per heavy atom. The lowest BCUT2D eigenvalue weighted by molar-refractivity contribution is 0.255. The molecule has 4 rings (SSSR count). The molecule has 0 saturated carbocycles. The van der Waals surface area contributed by atoms with Gasteiger partial charge in [-0.25, -0.2) is 0 Å². The van der Waals surface area contributed by atoms with Gasteiger partial charge in [-0.3, -0.25) is 9.69 Å². The van der Waals surface area contributed by atoms with Crippen molar-refractivity contribution in [2.45, 2.75) is 19.9 Å². The first-order valence-corrected chi connectivity index (χ1v) is 8.24. The molecule has 0 spiro atoms. The second kappa shape index (κ2) is 5.36. The van der Waals surface area contributed by atoms with Gasteiger partial charge in [-0.2, -0.15) is 0 Å². The zero-order valence-electron chi connectivity index (χ0n) is 13.5. The Morgan fingerprint density at radius 1 is 0.957 bits per heavy atom. The van der Waals surface area contributed by atoms with Crippen LogP contribution in [0.15, 0.2) is 53.3 Å². The molecular formula is C20H20N2O. The molecule has 1 aliphatic carbocycles. The fraction of sp³-hybridized carbons (Fsp3) is 0.250. The van der Waals surface area contributed by atoms with Crippen molar-refractivity contribution < 1.29 is 0 Å². The number of benzene rings is 2. The second-order valence-electron chi connectivity index (χ2n) is 6.00. The van der Waals surface area contributed by atoms with Crippen LogP contribution in [0.25, 0.3) is 22.0 Å². The fourth-order valence-corrected chi connectivity index (χ4v) is 3.88. The van der Waals surface area contributed by atoms with Crippen molar-refractivity contribution in [1.29, 1.82) is 0 Å². The van der Waals surface area contributed by atoms with Crippen LogP contribution < -0.4 is 5.56 Å². The van der Waals surface area contributed by atoms with E-state index < -0.39 is 0 Å². The van der Waals surface area contributed by atoms with E-state index in [1.54, 1.807) is 0 Å². The molecule has 1 unspecified atom stereocenters. The van der Waals surface area contributed by atoms with Crippen molar-refractivity contribution in [3.05, 3.63) is 70.0 Å². The Kier molecular flexibility index (Phi) is 3.31. The van der Waals surface area contributed by atoms with Crippen molar-refractivity contribution in [3.63, 3.8) is 0 Å². The normalized spacial score (nSPS) is 15.9. The van der Waals surface area contributed by atoms with Gasteiger partial charge in [0.1, 0.15) is 0 Å². The third kappa shape index (κ3) is 1.97. The molecule has 0 radical (unpaired) electrons. The van der Waals surface area contributed by atoms with Gasteiger partial charge in [0.05, 0.1) is 11.7 Å². The summed E-state index contributed by atoms with van der Waals surface area (Å²) in [6.07, 6.45) is 0. The van der Waals surface area contributed by atoms with Gasteiger partial charge in [-0.05, 0) is 30.1 Å². The Morgan fingerprint density at radius 3 is 2.35 bits per heavy atom. The maximum absolute atomic E-state index is 12.5. The van der Waals surface area contributed by atoms with Crippen LogP contribution in [0.1, 0.15) is 31.0 Å². The van der Waals surface area contributed by atoms with E-state index in [0.29, 0.717) is 0 Å². The first-order valence-electron chi connectivity index (χ1n) is 8.24. The highest BCUT2D eigenvalue weighted by Crippen LogP contribution is 2.47. The van der Waals surface area contributed by atoms with E-state index >= 15 is 0 Å². The van der Waals surface area contributed by atoms with Crippen molar-refractivity contribution in [2.75, 3.05) is 13.1 Å². The molecule has 0 aliphatic heterocycles. The van der Waals surface area contributed by atoms with Crippen LogP contribution in [0.4, 0.5) is 0 Å². The molecule has 0 bridgehead atoms. The average Bonchev–Trinajstić information content (AvgIpc) is 2.92. The predicted octanol–water partition coefficient (Wildman–Crippen LogP) is 3.94. The van der Waals surface area contributed by atoms with Gasteiger partial charge < -0.3 is 4.98 Å². The summed E-state index contributed by atoms with van der Waals surface area (Å²) in [5.74, 6) is 0. The number of nitrogens with one attached hydrogen (secondary N) is 1. The van der Waals surface area contributed by atoms with Gasteiger partial charge in [0, 0.05) is 16.5 Å². The molecule has 3 heteroatoms. The van der Waals surface area contributed by atoms with Crippen molar-refractivity contribution >= 4 is 10.8 Å². The van der Waals surface area contributed by atoms with Crippen LogP contribution in [0.2, 0.25) is 0 Å². The molecule has 1 N–H and O–H groups in total. The third-order valence-electron chi connectivity index (χ3n) is 4.95. The molecule has 0 amide bonds. The summed E-state index contributed by atoms with van der Waals surface area (Å²) >= 11 is 0. The van der Waals surface area contributed by atoms with Crippen LogP contribution in [0, 0.1) is 0 Å². The van der Waals surface area contributed by atoms with Gasteiger partial charge in [0.15, 0.2) is 0 Å². The fourth-order valence-electron chi connectivity index (χ4n) is 3.88. The number of hydrogen-bond acceptors (Lipinski definition) is 2. The first-order chi connectivity index (χ1) is 11.3. The number of H-pyrrole nitrogens is 1. The Balaban J connectivity index is 2.12. The minimum Gasteiger partial charge on any atom is -0.321 e. The van der Waals surface area contributed by atoms with E-state index in [9.17, 15) is 4.79 Å². The van der Waals surface area contributed by atoms with E-state index in [1.165, 1.54) is 11.1 Å². The number of nitrogens with zero attached hydrogens (tertiary/aromatic N) is 1. The zero-order valence-corrected chi connectivity index (χ0v) is 13.5. The highest BCUT2D eigenvalue weighted by Gasteiger charge is 2.34. The molecule has 1 aromatic heterocycles. The molecular weight excluding hydrogens is 284 g/mol. The highest BCUT2D eigenvalue weighted by atomic mass is 16.1. The summed E-state index contributed by atoms with van der Waals surface area (Å²) < 4.78 is 0. The van der Waals surface area contributed by atoms with E-state index in [-0.39, 0.29) is 11.6 Å². The number of aromatic amines is 1. The highest BCUT2D eigenvalue weighted by molar-refractivity contribution is 5.93. The quantitative estimate of drug-likeness (QED) is 0.795. The van der Waals surface area contributed by atoms with Crippen molar-refractivity contribution in [2.24, 2.45) is 0 Å². The molecule has 0 saturated heterocycles. The number of fused-ring (bicyclic) bond motifs is 5. The van der Waals surface area contributed by atoms with Crippen LogP contribution in [-0.2, 0) is 0 Å². The molecule has 1 aliphatic rings. The molecule has 116 valence electrons.